The largest absolute Gasteiger partial charge is 0.481 e. The number of carbonyl (C=O) groups is 2. The molecule has 0 spiro atoms. The fourth-order valence-electron chi connectivity index (χ4n) is 4.71. The van der Waals surface area contributed by atoms with E-state index in [1.807, 2.05) is 0 Å². The van der Waals surface area contributed by atoms with Crippen LogP contribution in [0.3, 0.4) is 0 Å². The summed E-state index contributed by atoms with van der Waals surface area (Å²) in [5.74, 6) is -2.21. The number of sulfone groups is 1. The Labute approximate surface area is 192 Å². The maximum atomic E-state index is 13.0. The molecule has 0 aliphatic heterocycles. The molecule has 1 aromatic heterocycles. The number of carbonyl (C=O) groups excluding carboxylic acids is 1. The van der Waals surface area contributed by atoms with E-state index < -0.39 is 27.6 Å². The molecule has 2 atom stereocenters. The minimum absolute atomic E-state index is 0.198. The number of rotatable bonds is 7. The highest BCUT2D eigenvalue weighted by Gasteiger charge is 2.36. The lowest BCUT2D eigenvalue weighted by atomic mass is 9.79. The van der Waals surface area contributed by atoms with Crippen LogP contribution in [0.2, 0.25) is 0 Å². The number of aryl methyl sites for hydroxylation is 1. The van der Waals surface area contributed by atoms with Crippen LogP contribution >= 0.6 is 11.3 Å². The third kappa shape index (κ3) is 4.83. The fraction of sp³-hybridized carbons (Fsp3) is 0.478. The minimum atomic E-state index is -3.24. The van der Waals surface area contributed by atoms with E-state index in [1.165, 1.54) is 16.7 Å². The third-order valence-corrected chi connectivity index (χ3v) is 8.82. The van der Waals surface area contributed by atoms with Crippen molar-refractivity contribution in [3.63, 3.8) is 0 Å². The van der Waals surface area contributed by atoms with Crippen molar-refractivity contribution < 1.29 is 23.1 Å². The van der Waals surface area contributed by atoms with E-state index in [0.29, 0.717) is 19.4 Å². The fourth-order valence-corrected chi connectivity index (χ4v) is 6.65. The normalized spacial score (nSPS) is 20.5. The van der Waals surface area contributed by atoms with Crippen molar-refractivity contribution in [2.24, 2.45) is 11.8 Å². The van der Waals surface area contributed by atoms with Crippen LogP contribution in [0.5, 0.6) is 0 Å². The second kappa shape index (κ2) is 9.23. The van der Waals surface area contributed by atoms with E-state index in [0.717, 1.165) is 48.4 Å². The Morgan fingerprint density at radius 1 is 1.06 bits per heavy atom. The van der Waals surface area contributed by atoms with Gasteiger partial charge in [-0.15, -0.1) is 11.3 Å². The van der Waals surface area contributed by atoms with E-state index in [1.54, 1.807) is 35.6 Å². The number of aliphatic carboxylic acids is 1. The lowest BCUT2D eigenvalue weighted by Gasteiger charge is -2.27. The lowest BCUT2D eigenvalue weighted by molar-refractivity contribution is -0.147. The van der Waals surface area contributed by atoms with Crippen molar-refractivity contribution in [3.05, 3.63) is 40.3 Å². The number of carboxylic acids is 1. The average Bonchev–Trinajstić information content (AvgIpc) is 3.33. The molecule has 2 aliphatic carbocycles. The van der Waals surface area contributed by atoms with Crippen molar-refractivity contribution in [3.8, 4) is 0 Å². The van der Waals surface area contributed by atoms with Gasteiger partial charge in [0, 0.05) is 28.9 Å². The summed E-state index contributed by atoms with van der Waals surface area (Å²) < 4.78 is 23.3. The quantitative estimate of drug-likeness (QED) is 0.555. The van der Waals surface area contributed by atoms with Gasteiger partial charge in [-0.3, -0.25) is 9.59 Å². The number of nitrogens with one attached hydrogen (secondary N) is 2. The van der Waals surface area contributed by atoms with Crippen LogP contribution < -0.4 is 10.6 Å². The van der Waals surface area contributed by atoms with E-state index in [-0.39, 0.29) is 10.8 Å². The minimum Gasteiger partial charge on any atom is -0.481 e. The molecule has 32 heavy (non-hydrogen) atoms. The molecule has 1 fully saturated rings. The summed E-state index contributed by atoms with van der Waals surface area (Å²) in [5, 5.41) is 16.7. The topological polar surface area (TPSA) is 113 Å². The molecular formula is C23H28N2O5S2. The van der Waals surface area contributed by atoms with Gasteiger partial charge in [-0.1, -0.05) is 12.8 Å². The Balaban J connectivity index is 1.51. The van der Waals surface area contributed by atoms with Crippen LogP contribution in [-0.2, 0) is 38.8 Å². The van der Waals surface area contributed by atoms with Crippen molar-refractivity contribution in [1.29, 1.82) is 0 Å². The Kier molecular flexibility index (Phi) is 6.57. The van der Waals surface area contributed by atoms with Crippen LogP contribution in [-0.4, -0.2) is 31.7 Å². The Hall–Kier alpha value is -2.39. The van der Waals surface area contributed by atoms with Gasteiger partial charge in [0.1, 0.15) is 5.00 Å². The monoisotopic (exact) mass is 476 g/mol. The summed E-state index contributed by atoms with van der Waals surface area (Å²) >= 11 is 1.59. The highest BCUT2D eigenvalue weighted by Crippen LogP contribution is 2.40. The SMILES string of the molecule is CS(=O)(=O)c1ccc(NCc2c(NC(=O)C3CCCCC3C(=O)O)sc3c2CCC3)cc1. The number of amides is 1. The van der Waals surface area contributed by atoms with E-state index >= 15 is 0 Å². The molecule has 4 rings (SSSR count). The number of hydrogen-bond acceptors (Lipinski definition) is 6. The highest BCUT2D eigenvalue weighted by atomic mass is 32.2. The summed E-state index contributed by atoms with van der Waals surface area (Å²) in [7, 11) is -3.24. The van der Waals surface area contributed by atoms with Gasteiger partial charge in [0.2, 0.25) is 5.91 Å². The molecule has 2 aliphatic rings. The van der Waals surface area contributed by atoms with Gasteiger partial charge in [0.25, 0.3) is 0 Å². The van der Waals surface area contributed by atoms with Crippen LogP contribution in [0.4, 0.5) is 10.7 Å². The summed E-state index contributed by atoms with van der Waals surface area (Å²) in [6, 6.07) is 6.63. The van der Waals surface area contributed by atoms with Crippen molar-refractivity contribution in [2.45, 2.75) is 56.4 Å². The summed E-state index contributed by atoms with van der Waals surface area (Å²) in [6.07, 6.45) is 7.11. The predicted octanol–water partition coefficient (Wildman–Crippen LogP) is 4.08. The molecule has 7 nitrogen and oxygen atoms in total. The van der Waals surface area contributed by atoms with Crippen LogP contribution in [0.15, 0.2) is 29.2 Å². The zero-order valence-electron chi connectivity index (χ0n) is 18.0. The van der Waals surface area contributed by atoms with Gasteiger partial charge in [0.05, 0.1) is 16.7 Å². The Bertz CT molecular complexity index is 1120. The number of fused-ring (bicyclic) bond motifs is 1. The standard InChI is InChI=1S/C23H28N2O5S2/c1-32(29,30)15-11-9-14(10-12-15)24-13-19-16-7-4-8-20(16)31-22(19)25-21(26)17-5-2-3-6-18(17)23(27)28/h9-12,17-18,24H,2-8,13H2,1H3,(H,25,26)(H,27,28). The van der Waals surface area contributed by atoms with Gasteiger partial charge in [-0.05, 0) is 61.9 Å². The zero-order valence-corrected chi connectivity index (χ0v) is 19.7. The third-order valence-electron chi connectivity index (χ3n) is 6.44. The van der Waals surface area contributed by atoms with Crippen LogP contribution in [0.1, 0.15) is 48.1 Å². The van der Waals surface area contributed by atoms with Gasteiger partial charge >= 0.3 is 5.97 Å². The molecule has 0 radical (unpaired) electrons. The van der Waals surface area contributed by atoms with Crippen LogP contribution in [0, 0.1) is 11.8 Å². The summed E-state index contributed by atoms with van der Waals surface area (Å²) in [4.78, 5) is 26.2. The van der Waals surface area contributed by atoms with Gasteiger partial charge in [0.15, 0.2) is 9.84 Å². The Morgan fingerprint density at radius 2 is 1.75 bits per heavy atom. The molecular weight excluding hydrogens is 448 g/mol. The summed E-state index contributed by atoms with van der Waals surface area (Å²) in [5.41, 5.74) is 3.11. The first-order valence-corrected chi connectivity index (χ1v) is 13.7. The number of benzene rings is 1. The molecule has 0 saturated heterocycles. The number of thiophene rings is 1. The zero-order chi connectivity index (χ0) is 22.9. The van der Waals surface area contributed by atoms with Crippen LogP contribution in [0.25, 0.3) is 0 Å². The van der Waals surface area contributed by atoms with Crippen molar-refractivity contribution in [1.82, 2.24) is 0 Å². The average molecular weight is 477 g/mol. The van der Waals surface area contributed by atoms with E-state index in [2.05, 4.69) is 10.6 Å². The first kappa shape index (κ1) is 22.8. The van der Waals surface area contributed by atoms with Gasteiger partial charge in [-0.2, -0.15) is 0 Å². The summed E-state index contributed by atoms with van der Waals surface area (Å²) in [6.45, 7) is 0.507. The van der Waals surface area contributed by atoms with Gasteiger partial charge < -0.3 is 15.7 Å². The molecule has 2 unspecified atom stereocenters. The molecule has 1 amide bonds. The molecule has 1 heterocycles. The second-order valence-corrected chi connectivity index (χ2v) is 11.8. The highest BCUT2D eigenvalue weighted by molar-refractivity contribution is 7.90. The molecule has 172 valence electrons. The molecule has 1 saturated carbocycles. The van der Waals surface area contributed by atoms with Gasteiger partial charge in [-0.25, -0.2) is 8.42 Å². The molecule has 0 bridgehead atoms. The number of hydrogen-bond donors (Lipinski definition) is 3. The lowest BCUT2D eigenvalue weighted by Crippen LogP contribution is -2.36. The first-order chi connectivity index (χ1) is 15.2. The molecule has 9 heteroatoms. The van der Waals surface area contributed by atoms with E-state index in [9.17, 15) is 23.1 Å². The second-order valence-electron chi connectivity index (χ2n) is 8.64. The number of carboxylic acid groups (broad SMARTS) is 1. The molecule has 3 N–H and O–H groups in total. The molecule has 1 aromatic carbocycles. The Morgan fingerprint density at radius 3 is 2.41 bits per heavy atom. The van der Waals surface area contributed by atoms with Crippen molar-refractivity contribution >= 4 is 43.7 Å². The van der Waals surface area contributed by atoms with Crippen molar-refractivity contribution in [2.75, 3.05) is 16.9 Å². The predicted molar refractivity (Wildman–Crippen MR) is 125 cm³/mol. The number of anilines is 2. The molecule has 2 aromatic rings. The smallest absolute Gasteiger partial charge is 0.307 e. The maximum absolute atomic E-state index is 13.0. The van der Waals surface area contributed by atoms with E-state index in [4.69, 9.17) is 0 Å². The maximum Gasteiger partial charge on any atom is 0.307 e. The first-order valence-electron chi connectivity index (χ1n) is 10.9.